The van der Waals surface area contributed by atoms with Gasteiger partial charge in [-0.25, -0.2) is 0 Å². The Labute approximate surface area is 204 Å². The first-order chi connectivity index (χ1) is 16.3. The Morgan fingerprint density at radius 2 is 1.88 bits per heavy atom. The normalized spacial score (nSPS) is 16.1. The van der Waals surface area contributed by atoms with Gasteiger partial charge in [-0.1, -0.05) is 29.3 Å². The van der Waals surface area contributed by atoms with Gasteiger partial charge < -0.3 is 14.3 Å². The van der Waals surface area contributed by atoms with Gasteiger partial charge in [0.25, 0.3) is 5.91 Å². The third-order valence-corrected chi connectivity index (χ3v) is 7.20. The van der Waals surface area contributed by atoms with Crippen molar-refractivity contribution >= 4 is 51.3 Å². The number of nitrogens with zero attached hydrogens (tertiary/aromatic N) is 1. The molecule has 0 spiro atoms. The van der Waals surface area contributed by atoms with Gasteiger partial charge in [-0.2, -0.15) is 0 Å². The third-order valence-electron chi connectivity index (χ3n) is 5.91. The number of aliphatic hydroxyl groups is 1. The lowest BCUT2D eigenvalue weighted by Gasteiger charge is -2.26. The number of carbonyl (C=O) groups excluding carboxylic acids is 2. The summed E-state index contributed by atoms with van der Waals surface area (Å²) in [6.07, 6.45) is 0. The van der Waals surface area contributed by atoms with Gasteiger partial charge in [0, 0.05) is 27.0 Å². The number of thiophene rings is 1. The van der Waals surface area contributed by atoms with Crippen molar-refractivity contribution in [3.8, 4) is 5.75 Å². The van der Waals surface area contributed by atoms with Crippen LogP contribution in [0.3, 0.4) is 0 Å². The smallest absolute Gasteiger partial charge is 0.294 e. The molecule has 4 aromatic rings. The second-order valence-electron chi connectivity index (χ2n) is 8.11. The van der Waals surface area contributed by atoms with Gasteiger partial charge in [0.2, 0.25) is 5.78 Å². The fraction of sp³-hybridized carbons (Fsp3) is 0.154. The molecule has 34 heavy (non-hydrogen) atoms. The monoisotopic (exact) mass is 493 g/mol. The minimum Gasteiger partial charge on any atom is -0.503 e. The lowest BCUT2D eigenvalue weighted by molar-refractivity contribution is -0.117. The number of carbonyl (C=O) groups is 2. The minimum atomic E-state index is -0.790. The number of amides is 1. The summed E-state index contributed by atoms with van der Waals surface area (Å²) in [6, 6.07) is 13.3. The molecule has 0 saturated heterocycles. The Bertz CT molecular complexity index is 1480. The highest BCUT2D eigenvalue weighted by Crippen LogP contribution is 2.45. The van der Waals surface area contributed by atoms with Crippen LogP contribution >= 0.6 is 22.9 Å². The van der Waals surface area contributed by atoms with Crippen molar-refractivity contribution < 1.29 is 23.8 Å². The van der Waals surface area contributed by atoms with Crippen LogP contribution in [-0.4, -0.2) is 23.9 Å². The Kier molecular flexibility index (Phi) is 5.46. The maximum absolute atomic E-state index is 13.7. The van der Waals surface area contributed by atoms with Crippen molar-refractivity contribution in [1.29, 1.82) is 0 Å². The molecule has 1 unspecified atom stereocenters. The van der Waals surface area contributed by atoms with E-state index in [0.29, 0.717) is 27.4 Å². The number of Topliss-reactive ketones (excluding diaryl/α,β-unsaturated/α-hetero) is 1. The molecule has 0 aliphatic carbocycles. The number of hydrogen-bond donors (Lipinski definition) is 1. The lowest BCUT2D eigenvalue weighted by atomic mass is 9.98. The summed E-state index contributed by atoms with van der Waals surface area (Å²) in [5.41, 5.74) is 2.86. The van der Waals surface area contributed by atoms with Crippen LogP contribution in [0.1, 0.15) is 32.6 Å². The molecule has 1 N–H and O–H groups in total. The molecule has 2 aromatic carbocycles. The largest absolute Gasteiger partial charge is 0.503 e. The van der Waals surface area contributed by atoms with Gasteiger partial charge in [-0.05, 0) is 55.1 Å². The van der Waals surface area contributed by atoms with Crippen LogP contribution in [0.4, 0.5) is 5.69 Å². The van der Waals surface area contributed by atoms with E-state index in [4.69, 9.17) is 20.8 Å². The van der Waals surface area contributed by atoms with E-state index in [9.17, 15) is 14.7 Å². The average Bonchev–Trinajstić information content (AvgIpc) is 3.50. The molecule has 6 nitrogen and oxygen atoms in total. The number of ether oxygens (including phenoxy) is 1. The molecule has 0 saturated carbocycles. The first kappa shape index (κ1) is 22.3. The number of benzene rings is 2. The molecule has 0 fully saturated rings. The zero-order valence-electron chi connectivity index (χ0n) is 18.6. The first-order valence-corrected chi connectivity index (χ1v) is 11.7. The number of fused-ring (bicyclic) bond motifs is 1. The molecule has 3 heterocycles. The molecular weight excluding hydrogens is 474 g/mol. The molecular formula is C26H20ClNO5S. The molecule has 0 radical (unpaired) electrons. The molecule has 1 aliphatic rings. The highest BCUT2D eigenvalue weighted by Gasteiger charge is 2.46. The summed E-state index contributed by atoms with van der Waals surface area (Å²) < 4.78 is 11.2. The molecule has 172 valence electrons. The summed E-state index contributed by atoms with van der Waals surface area (Å²) in [7, 11) is 1.48. The van der Waals surface area contributed by atoms with Gasteiger partial charge in [-0.15, -0.1) is 11.3 Å². The summed E-state index contributed by atoms with van der Waals surface area (Å²) in [5.74, 6) is -1.44. The van der Waals surface area contributed by atoms with Crippen molar-refractivity contribution in [1.82, 2.24) is 0 Å². The first-order valence-electron chi connectivity index (χ1n) is 10.5. The van der Waals surface area contributed by atoms with Crippen LogP contribution in [0.15, 0.2) is 69.7 Å². The predicted octanol–water partition coefficient (Wildman–Crippen LogP) is 6.56. The second kappa shape index (κ2) is 8.34. The number of aryl methyl sites for hydroxylation is 2. The molecule has 1 atom stereocenters. The molecule has 8 heteroatoms. The van der Waals surface area contributed by atoms with Crippen LogP contribution < -0.4 is 9.64 Å². The SMILES string of the molecule is COc1cc(Cl)cc2cc(C(=O)C3=C(O)C(=O)N(c4ccc(C)cc4)C3c3sccc3C)oc12. The van der Waals surface area contributed by atoms with Gasteiger partial charge in [0.05, 0.1) is 12.7 Å². The number of aliphatic hydroxyl groups excluding tert-OH is 1. The van der Waals surface area contributed by atoms with E-state index in [1.165, 1.54) is 23.3 Å². The molecule has 2 aromatic heterocycles. The summed E-state index contributed by atoms with van der Waals surface area (Å²) in [5, 5.41) is 13.8. The van der Waals surface area contributed by atoms with Crippen molar-refractivity contribution in [2.45, 2.75) is 19.9 Å². The Morgan fingerprint density at radius 1 is 1.15 bits per heavy atom. The van der Waals surface area contributed by atoms with Crippen LogP contribution in [0.2, 0.25) is 5.02 Å². The predicted molar refractivity (Wildman–Crippen MR) is 132 cm³/mol. The van der Waals surface area contributed by atoms with E-state index in [-0.39, 0.29) is 11.3 Å². The van der Waals surface area contributed by atoms with E-state index in [2.05, 4.69) is 0 Å². The number of ketones is 1. The lowest BCUT2D eigenvalue weighted by Crippen LogP contribution is -2.30. The summed E-state index contributed by atoms with van der Waals surface area (Å²) in [4.78, 5) is 29.3. The Balaban J connectivity index is 1.66. The standard InChI is InChI=1S/C26H20ClNO5S/c1-13-4-6-17(7-5-13)28-21(25-14(2)8-9-34-25)20(23(30)26(28)31)22(29)18-11-15-10-16(27)12-19(32-3)24(15)33-18/h4-12,21,30H,1-3H3. The Morgan fingerprint density at radius 3 is 2.53 bits per heavy atom. The minimum absolute atomic E-state index is 0.0186. The highest BCUT2D eigenvalue weighted by atomic mass is 35.5. The van der Waals surface area contributed by atoms with Gasteiger partial charge >= 0.3 is 0 Å². The zero-order valence-corrected chi connectivity index (χ0v) is 20.2. The van der Waals surface area contributed by atoms with E-state index >= 15 is 0 Å². The number of methoxy groups -OCH3 is 1. The maximum atomic E-state index is 13.7. The maximum Gasteiger partial charge on any atom is 0.294 e. The molecule has 5 rings (SSSR count). The van der Waals surface area contributed by atoms with E-state index < -0.39 is 23.5 Å². The number of halogens is 1. The number of anilines is 1. The van der Waals surface area contributed by atoms with Crippen molar-refractivity contribution in [2.24, 2.45) is 0 Å². The van der Waals surface area contributed by atoms with Crippen LogP contribution in [-0.2, 0) is 4.79 Å². The van der Waals surface area contributed by atoms with E-state index in [1.54, 1.807) is 30.3 Å². The molecule has 1 amide bonds. The van der Waals surface area contributed by atoms with Gasteiger partial charge in [0.1, 0.15) is 6.04 Å². The van der Waals surface area contributed by atoms with Crippen molar-refractivity contribution in [3.05, 3.63) is 92.0 Å². The van der Waals surface area contributed by atoms with Gasteiger partial charge in [0.15, 0.2) is 22.9 Å². The fourth-order valence-corrected chi connectivity index (χ4v) is 5.45. The number of hydrogen-bond acceptors (Lipinski definition) is 6. The summed E-state index contributed by atoms with van der Waals surface area (Å²) in [6.45, 7) is 3.86. The van der Waals surface area contributed by atoms with E-state index in [1.807, 2.05) is 37.4 Å². The fourth-order valence-electron chi connectivity index (χ4n) is 4.20. The van der Waals surface area contributed by atoms with Gasteiger partial charge in [-0.3, -0.25) is 14.5 Å². The summed E-state index contributed by atoms with van der Waals surface area (Å²) >= 11 is 7.58. The van der Waals surface area contributed by atoms with Crippen LogP contribution in [0.5, 0.6) is 5.75 Å². The zero-order chi connectivity index (χ0) is 24.1. The molecule has 0 bridgehead atoms. The van der Waals surface area contributed by atoms with Crippen LogP contribution in [0.25, 0.3) is 11.0 Å². The number of rotatable bonds is 5. The topological polar surface area (TPSA) is 80.0 Å². The third kappa shape index (κ3) is 3.48. The van der Waals surface area contributed by atoms with Crippen LogP contribution in [0, 0.1) is 13.8 Å². The molecule has 1 aliphatic heterocycles. The highest BCUT2D eigenvalue weighted by molar-refractivity contribution is 7.10. The average molecular weight is 494 g/mol. The quantitative estimate of drug-likeness (QED) is 0.318. The second-order valence-corrected chi connectivity index (χ2v) is 9.49. The van der Waals surface area contributed by atoms with Crippen molar-refractivity contribution in [2.75, 3.05) is 12.0 Å². The Hall–Kier alpha value is -3.55. The van der Waals surface area contributed by atoms with Crippen molar-refractivity contribution in [3.63, 3.8) is 0 Å². The van der Waals surface area contributed by atoms with E-state index in [0.717, 1.165) is 16.0 Å². The number of furan rings is 1.